The molecule has 2 aromatic carbocycles. The van der Waals surface area contributed by atoms with E-state index in [1.165, 1.54) is 6.07 Å². The molecule has 0 fully saturated rings. The van der Waals surface area contributed by atoms with E-state index in [0.29, 0.717) is 22.6 Å². The summed E-state index contributed by atoms with van der Waals surface area (Å²) in [6, 6.07) is 10.2. The van der Waals surface area contributed by atoms with Crippen LogP contribution in [0.2, 0.25) is 5.02 Å². The zero-order chi connectivity index (χ0) is 16.6. The summed E-state index contributed by atoms with van der Waals surface area (Å²) in [4.78, 5) is 31.2. The second kappa shape index (κ2) is 5.66. The molecule has 0 aliphatic carbocycles. The maximum Gasteiger partial charge on any atom is 0.336 e. The van der Waals surface area contributed by atoms with Crippen molar-refractivity contribution < 1.29 is 19.8 Å². The van der Waals surface area contributed by atoms with E-state index < -0.39 is 17.5 Å². The van der Waals surface area contributed by atoms with Gasteiger partial charge in [0, 0.05) is 11.6 Å². The molecule has 0 spiro atoms. The molecular weight excluding hydrogens is 320 g/mol. The maximum absolute atomic E-state index is 11.5. The van der Waals surface area contributed by atoms with Crippen molar-refractivity contribution in [2.24, 2.45) is 0 Å². The average Bonchev–Trinajstić information content (AvgIpc) is 2.51. The Morgan fingerprint density at radius 2 is 1.61 bits per heavy atom. The molecule has 1 heterocycles. The summed E-state index contributed by atoms with van der Waals surface area (Å²) >= 11 is 6.11. The van der Waals surface area contributed by atoms with Crippen molar-refractivity contribution in [2.45, 2.75) is 0 Å². The Morgan fingerprint density at radius 1 is 0.957 bits per heavy atom. The summed E-state index contributed by atoms with van der Waals surface area (Å²) in [6.07, 6.45) is 0.597. The van der Waals surface area contributed by atoms with E-state index in [1.54, 1.807) is 24.3 Å². The van der Waals surface area contributed by atoms with Crippen LogP contribution in [-0.4, -0.2) is 32.1 Å². The molecule has 0 amide bonds. The number of carboxylic acids is 2. The molecule has 0 atom stereocenters. The average molecular weight is 329 g/mol. The predicted octanol–water partition coefficient (Wildman–Crippen LogP) is 2.99. The van der Waals surface area contributed by atoms with Gasteiger partial charge in [0.05, 0.1) is 32.7 Å². The monoisotopic (exact) mass is 328 g/mol. The van der Waals surface area contributed by atoms with E-state index in [9.17, 15) is 14.7 Å². The van der Waals surface area contributed by atoms with Gasteiger partial charge in [-0.05, 0) is 24.3 Å². The van der Waals surface area contributed by atoms with Crippen LogP contribution in [0.4, 0.5) is 0 Å². The number of carboxylic acid groups (broad SMARTS) is 2. The zero-order valence-electron chi connectivity index (χ0n) is 11.5. The van der Waals surface area contributed by atoms with Gasteiger partial charge in [0.25, 0.3) is 0 Å². The Hall–Kier alpha value is -2.99. The van der Waals surface area contributed by atoms with Crippen molar-refractivity contribution in [3.05, 3.63) is 53.1 Å². The van der Waals surface area contributed by atoms with E-state index in [4.69, 9.17) is 16.7 Å². The van der Waals surface area contributed by atoms with Crippen LogP contribution in [0.1, 0.15) is 5.56 Å². The van der Waals surface area contributed by atoms with Crippen LogP contribution in [0.3, 0.4) is 0 Å². The molecule has 0 unspecified atom stereocenters. The lowest BCUT2D eigenvalue weighted by Crippen LogP contribution is -2.05. The van der Waals surface area contributed by atoms with Crippen LogP contribution in [0.25, 0.3) is 27.6 Å². The lowest BCUT2D eigenvalue weighted by molar-refractivity contribution is -0.133. The topological polar surface area (TPSA) is 100 Å². The van der Waals surface area contributed by atoms with Crippen molar-refractivity contribution in [2.75, 3.05) is 0 Å². The van der Waals surface area contributed by atoms with Crippen molar-refractivity contribution in [3.8, 4) is 0 Å². The third kappa shape index (κ3) is 2.72. The predicted molar refractivity (Wildman–Crippen MR) is 85.3 cm³/mol. The van der Waals surface area contributed by atoms with Crippen LogP contribution in [0.15, 0.2) is 42.5 Å². The molecule has 2 N–H and O–H groups in total. The Kier molecular flexibility index (Phi) is 3.67. The largest absolute Gasteiger partial charge is 0.478 e. The molecule has 0 saturated heterocycles. The number of halogens is 1. The van der Waals surface area contributed by atoms with Gasteiger partial charge >= 0.3 is 11.9 Å². The highest BCUT2D eigenvalue weighted by molar-refractivity contribution is 6.36. The van der Waals surface area contributed by atoms with Crippen LogP contribution < -0.4 is 0 Å². The lowest BCUT2D eigenvalue weighted by Gasteiger charge is -2.09. The third-order valence-electron chi connectivity index (χ3n) is 3.23. The normalized spacial score (nSPS) is 11.8. The summed E-state index contributed by atoms with van der Waals surface area (Å²) in [7, 11) is 0. The molecule has 114 valence electrons. The van der Waals surface area contributed by atoms with Gasteiger partial charge in [0.2, 0.25) is 0 Å². The first-order valence-corrected chi connectivity index (χ1v) is 6.88. The fourth-order valence-corrected chi connectivity index (χ4v) is 2.54. The molecule has 0 bridgehead atoms. The fourth-order valence-electron chi connectivity index (χ4n) is 2.28. The van der Waals surface area contributed by atoms with Crippen molar-refractivity contribution >= 4 is 51.2 Å². The number of hydrogen-bond donors (Lipinski definition) is 2. The van der Waals surface area contributed by atoms with Gasteiger partial charge in [-0.2, -0.15) is 0 Å². The number of nitrogens with zero attached hydrogens (tertiary/aromatic N) is 2. The first kappa shape index (κ1) is 14.9. The molecule has 0 aliphatic rings. The van der Waals surface area contributed by atoms with Crippen LogP contribution in [0, 0.1) is 0 Å². The van der Waals surface area contributed by atoms with Gasteiger partial charge in [-0.15, -0.1) is 0 Å². The Labute approximate surface area is 134 Å². The molecule has 3 aromatic rings. The number of hydrogen-bond acceptors (Lipinski definition) is 4. The highest BCUT2D eigenvalue weighted by Gasteiger charge is 2.20. The third-order valence-corrected chi connectivity index (χ3v) is 3.54. The van der Waals surface area contributed by atoms with E-state index in [-0.39, 0.29) is 16.1 Å². The van der Waals surface area contributed by atoms with Crippen molar-refractivity contribution in [1.29, 1.82) is 0 Å². The van der Waals surface area contributed by atoms with Gasteiger partial charge in [-0.3, -0.25) is 0 Å². The number of aliphatic carboxylic acids is 2. The first-order chi connectivity index (χ1) is 11.0. The number of para-hydroxylation sites is 2. The highest BCUT2D eigenvalue weighted by Crippen LogP contribution is 2.31. The number of rotatable bonds is 3. The number of benzene rings is 2. The second-order valence-electron chi connectivity index (χ2n) is 4.70. The molecular formula is C16H9ClN2O4. The summed E-state index contributed by atoms with van der Waals surface area (Å²) in [5, 5.41) is 18.3. The SMILES string of the molecule is O=C(O)/C=C(\C(=O)O)c1c(Cl)ccc2nc3ccccc3nc12. The fraction of sp³-hybridized carbons (Fsp3) is 0. The first-order valence-electron chi connectivity index (χ1n) is 6.50. The second-order valence-corrected chi connectivity index (χ2v) is 5.11. The Balaban J connectivity index is 2.43. The van der Waals surface area contributed by atoms with Crippen LogP contribution in [0.5, 0.6) is 0 Å². The van der Waals surface area contributed by atoms with Gasteiger partial charge in [0.1, 0.15) is 0 Å². The molecule has 0 aliphatic heterocycles. The molecule has 0 radical (unpaired) electrons. The number of fused-ring (bicyclic) bond motifs is 2. The smallest absolute Gasteiger partial charge is 0.336 e. The van der Waals surface area contributed by atoms with E-state index in [1.807, 2.05) is 6.07 Å². The molecule has 1 aromatic heterocycles. The van der Waals surface area contributed by atoms with Gasteiger partial charge in [0.15, 0.2) is 0 Å². The molecule has 23 heavy (non-hydrogen) atoms. The quantitative estimate of drug-likeness (QED) is 0.566. The van der Waals surface area contributed by atoms with E-state index in [2.05, 4.69) is 9.97 Å². The highest BCUT2D eigenvalue weighted by atomic mass is 35.5. The molecule has 0 saturated carbocycles. The van der Waals surface area contributed by atoms with Crippen LogP contribution in [-0.2, 0) is 9.59 Å². The van der Waals surface area contributed by atoms with Crippen molar-refractivity contribution in [1.82, 2.24) is 9.97 Å². The maximum atomic E-state index is 11.5. The summed E-state index contributed by atoms with van der Waals surface area (Å²) in [6.45, 7) is 0. The van der Waals surface area contributed by atoms with Gasteiger partial charge < -0.3 is 10.2 Å². The van der Waals surface area contributed by atoms with E-state index >= 15 is 0 Å². The minimum atomic E-state index is -1.41. The number of aromatic nitrogens is 2. The summed E-state index contributed by atoms with van der Waals surface area (Å²) in [5.41, 5.74) is 1.47. The Morgan fingerprint density at radius 3 is 2.22 bits per heavy atom. The zero-order valence-corrected chi connectivity index (χ0v) is 12.3. The van der Waals surface area contributed by atoms with E-state index in [0.717, 1.165) is 0 Å². The molecule has 7 heteroatoms. The van der Waals surface area contributed by atoms with Gasteiger partial charge in [-0.25, -0.2) is 19.6 Å². The summed E-state index contributed by atoms with van der Waals surface area (Å²) in [5.74, 6) is -2.79. The number of carbonyl (C=O) groups is 2. The molecule has 3 rings (SSSR count). The lowest BCUT2D eigenvalue weighted by atomic mass is 10.0. The minimum Gasteiger partial charge on any atom is -0.478 e. The van der Waals surface area contributed by atoms with Crippen LogP contribution >= 0.6 is 11.6 Å². The minimum absolute atomic E-state index is 0.0392. The van der Waals surface area contributed by atoms with Crippen molar-refractivity contribution in [3.63, 3.8) is 0 Å². The summed E-state index contributed by atoms with van der Waals surface area (Å²) < 4.78 is 0. The van der Waals surface area contributed by atoms with Gasteiger partial charge in [-0.1, -0.05) is 23.7 Å². The molecule has 6 nitrogen and oxygen atoms in total. The Bertz CT molecular complexity index is 998. The standard InChI is InChI=1S/C16H9ClN2O4/c17-9-5-6-12-15(14(9)8(16(22)23)7-13(20)21)19-11-4-2-1-3-10(11)18-12/h1-7H,(H,20,21)(H,22,23)/b8-7-.